The number of sulfonamides is 1. The van der Waals surface area contributed by atoms with E-state index in [0.29, 0.717) is 41.7 Å². The van der Waals surface area contributed by atoms with Gasteiger partial charge in [0.05, 0.1) is 29.9 Å². The number of aromatic nitrogens is 2. The lowest BCUT2D eigenvalue weighted by Crippen LogP contribution is -2.63. The van der Waals surface area contributed by atoms with Crippen LogP contribution in [-0.2, 0) is 35.6 Å². The molecule has 2 aromatic rings. The lowest BCUT2D eigenvalue weighted by Gasteiger charge is -2.36. The fourth-order valence-corrected chi connectivity index (χ4v) is 8.52. The Labute approximate surface area is 321 Å². The van der Waals surface area contributed by atoms with E-state index in [0.717, 1.165) is 32.1 Å². The van der Waals surface area contributed by atoms with Gasteiger partial charge in [0.25, 0.3) is 5.91 Å². The van der Waals surface area contributed by atoms with E-state index in [9.17, 15) is 27.6 Å². The van der Waals surface area contributed by atoms with Crippen LogP contribution in [0.25, 0.3) is 11.0 Å². The molecule has 0 radical (unpaired) electrons. The summed E-state index contributed by atoms with van der Waals surface area (Å²) in [5.74, 6) is 0.838. The van der Waals surface area contributed by atoms with Gasteiger partial charge in [-0.1, -0.05) is 45.6 Å². The van der Waals surface area contributed by atoms with Gasteiger partial charge >= 0.3 is 6.09 Å². The summed E-state index contributed by atoms with van der Waals surface area (Å²) in [6.07, 6.45) is 10.7. The molecule has 2 aliphatic heterocycles. The predicted octanol–water partition coefficient (Wildman–Crippen LogP) is 3.31. The first kappa shape index (κ1) is 39.8. The van der Waals surface area contributed by atoms with E-state index in [1.54, 1.807) is 40.0 Å². The van der Waals surface area contributed by atoms with Crippen molar-refractivity contribution in [2.24, 2.45) is 11.3 Å². The number of rotatable bonds is 8. The second-order valence-corrected chi connectivity index (χ2v) is 18.0. The van der Waals surface area contributed by atoms with Crippen LogP contribution < -0.4 is 24.8 Å². The smallest absolute Gasteiger partial charge is 0.408 e. The number of terminal acetylenes is 1. The van der Waals surface area contributed by atoms with Gasteiger partial charge in [0.1, 0.15) is 35.7 Å². The van der Waals surface area contributed by atoms with Crippen molar-refractivity contribution < 1.29 is 41.8 Å². The molecule has 0 unspecified atom stereocenters. The van der Waals surface area contributed by atoms with Crippen molar-refractivity contribution in [3.05, 3.63) is 36.5 Å². The zero-order chi connectivity index (χ0) is 39.7. The molecule has 16 heteroatoms. The Morgan fingerprint density at radius 3 is 2.55 bits per heavy atom. The number of hydrogen-bond acceptors (Lipinski definition) is 11. The number of carbonyl (C=O) groups excluding carboxylic acids is 4. The summed E-state index contributed by atoms with van der Waals surface area (Å²) in [5, 5.41) is 4.62. The van der Waals surface area contributed by atoms with Crippen LogP contribution in [0.5, 0.6) is 11.6 Å². The van der Waals surface area contributed by atoms with Crippen LogP contribution in [-0.4, -0.2) is 95.8 Å². The fourth-order valence-electron chi connectivity index (χ4n) is 7.17. The highest BCUT2D eigenvalue weighted by Gasteiger charge is 2.50. The van der Waals surface area contributed by atoms with Crippen LogP contribution in [0.1, 0.15) is 84.3 Å². The SMILES string of the molecule is C#C[C@](CC=C)(NC(=O)[C@@H]1C[C@@H]2CN1C(=O)[C@H](C(C)(C)C)NC(=O)O[C@@H]1C[C@H]1CCCCCc1nc3ccc(OC)cc3nc1O2)C(=O)NS(=O)(=O)C1CC1. The molecule has 2 aliphatic carbocycles. The van der Waals surface area contributed by atoms with E-state index in [-0.39, 0.29) is 37.3 Å². The lowest BCUT2D eigenvalue weighted by atomic mass is 9.85. The molecule has 3 fully saturated rings. The Morgan fingerprint density at radius 1 is 1.11 bits per heavy atom. The first-order chi connectivity index (χ1) is 26.1. The molecular formula is C39H50N6O9S. The number of nitrogens with one attached hydrogen (secondary N) is 3. The number of nitrogens with zero attached hydrogens (tertiary/aromatic N) is 3. The largest absolute Gasteiger partial charge is 0.497 e. The summed E-state index contributed by atoms with van der Waals surface area (Å²) in [6.45, 7) is 8.91. The summed E-state index contributed by atoms with van der Waals surface area (Å²) in [5.41, 5.74) is -1.17. The second kappa shape index (κ2) is 15.7. The van der Waals surface area contributed by atoms with Gasteiger partial charge in [0.15, 0.2) is 5.54 Å². The number of benzene rings is 1. The number of aryl methyl sites for hydroxylation is 1. The monoisotopic (exact) mass is 778 g/mol. The maximum absolute atomic E-state index is 14.6. The maximum atomic E-state index is 14.6. The number of carbonyl (C=O) groups is 4. The Kier molecular flexibility index (Phi) is 11.3. The molecule has 4 amide bonds. The summed E-state index contributed by atoms with van der Waals surface area (Å²) in [6, 6.07) is 2.97. The number of ether oxygens (including phenoxy) is 3. The standard InChI is InChI=1S/C39H50N6O9S/c1-7-18-39(8-2,36(48)44-55(50,51)26-15-16-26)43-33(46)30-21-25-22-45(30)35(47)32(38(3,4)5)42-37(49)54-31-19-23(31)12-10-9-11-13-28-34(53-25)41-29-20-24(52-6)14-17-27(29)40-28/h2,7,14,17,20,23,25-26,30-32H,1,9-13,15-16,18-19,21-22H2,3-6H3,(H,42,49)(H,43,46)(H,44,48)/t23-,25-,30+,31-,32-,39-/m1/s1. The molecule has 6 rings (SSSR count). The van der Waals surface area contributed by atoms with Gasteiger partial charge in [-0.3, -0.25) is 14.4 Å². The molecular weight excluding hydrogens is 729 g/mol. The molecule has 1 aromatic heterocycles. The predicted molar refractivity (Wildman–Crippen MR) is 202 cm³/mol. The number of fused-ring (bicyclic) bond motifs is 5. The molecule has 1 saturated heterocycles. The van der Waals surface area contributed by atoms with E-state index in [1.807, 2.05) is 10.8 Å². The van der Waals surface area contributed by atoms with Gasteiger partial charge in [0, 0.05) is 18.9 Å². The van der Waals surface area contributed by atoms with Gasteiger partial charge in [-0.15, -0.1) is 13.0 Å². The average molecular weight is 779 g/mol. The van der Waals surface area contributed by atoms with Crippen molar-refractivity contribution in [3.63, 3.8) is 0 Å². The van der Waals surface area contributed by atoms with Gasteiger partial charge in [-0.25, -0.2) is 27.9 Å². The highest BCUT2D eigenvalue weighted by Crippen LogP contribution is 2.39. The molecule has 3 N–H and O–H groups in total. The molecule has 0 spiro atoms. The summed E-state index contributed by atoms with van der Waals surface area (Å²) in [7, 11) is -2.48. The van der Waals surface area contributed by atoms with E-state index in [2.05, 4.69) is 23.1 Å². The van der Waals surface area contributed by atoms with Crippen LogP contribution in [0, 0.1) is 23.7 Å². The van der Waals surface area contributed by atoms with Crippen molar-refractivity contribution >= 4 is 44.9 Å². The molecule has 3 heterocycles. The Hall–Kier alpha value is -4.91. The first-order valence-electron chi connectivity index (χ1n) is 18.8. The number of alkyl carbamates (subject to hydrolysis) is 1. The molecule has 6 atom stereocenters. The molecule has 1 aromatic carbocycles. The third-order valence-corrected chi connectivity index (χ3v) is 12.5. The van der Waals surface area contributed by atoms with Crippen LogP contribution in [0.3, 0.4) is 0 Å². The molecule has 2 bridgehead atoms. The van der Waals surface area contributed by atoms with Crippen molar-refractivity contribution in [1.82, 2.24) is 30.2 Å². The summed E-state index contributed by atoms with van der Waals surface area (Å²) >= 11 is 0. The minimum atomic E-state index is -4.03. The topological polar surface area (TPSA) is 195 Å². The van der Waals surface area contributed by atoms with E-state index < -0.39 is 68.2 Å². The molecule has 296 valence electrons. The molecule has 15 nitrogen and oxygen atoms in total. The van der Waals surface area contributed by atoms with Crippen molar-refractivity contribution in [3.8, 4) is 24.0 Å². The van der Waals surface area contributed by atoms with Gasteiger partial charge in [-0.05, 0) is 62.0 Å². The Balaban J connectivity index is 1.36. The molecule has 2 saturated carbocycles. The zero-order valence-electron chi connectivity index (χ0n) is 31.8. The van der Waals surface area contributed by atoms with Gasteiger partial charge in [0.2, 0.25) is 27.7 Å². The van der Waals surface area contributed by atoms with E-state index >= 15 is 0 Å². The van der Waals surface area contributed by atoms with Gasteiger partial charge < -0.3 is 29.7 Å². The van der Waals surface area contributed by atoms with Crippen LogP contribution in [0.15, 0.2) is 30.9 Å². The third kappa shape index (κ3) is 8.98. The van der Waals surface area contributed by atoms with Crippen molar-refractivity contribution in [2.45, 2.75) is 120 Å². The van der Waals surface area contributed by atoms with Crippen molar-refractivity contribution in [1.29, 1.82) is 0 Å². The lowest BCUT2D eigenvalue weighted by molar-refractivity contribution is -0.143. The van der Waals surface area contributed by atoms with Crippen LogP contribution >= 0.6 is 0 Å². The summed E-state index contributed by atoms with van der Waals surface area (Å²) in [4.78, 5) is 66.8. The average Bonchev–Trinajstić information content (AvgIpc) is 4.07. The zero-order valence-corrected chi connectivity index (χ0v) is 32.6. The minimum Gasteiger partial charge on any atom is -0.497 e. The highest BCUT2D eigenvalue weighted by molar-refractivity contribution is 7.91. The fraction of sp³-hybridized carbons (Fsp3) is 0.590. The molecule has 55 heavy (non-hydrogen) atoms. The second-order valence-electron chi connectivity index (χ2n) is 16.0. The van der Waals surface area contributed by atoms with E-state index in [1.165, 1.54) is 11.0 Å². The molecule has 4 aliphatic rings. The Bertz CT molecular complexity index is 2010. The minimum absolute atomic E-state index is 0.0589. The number of amides is 4. The maximum Gasteiger partial charge on any atom is 0.408 e. The van der Waals surface area contributed by atoms with Crippen LogP contribution in [0.2, 0.25) is 0 Å². The highest BCUT2D eigenvalue weighted by atomic mass is 32.2. The third-order valence-electron chi connectivity index (χ3n) is 10.6. The van der Waals surface area contributed by atoms with Crippen molar-refractivity contribution in [2.75, 3.05) is 13.7 Å². The Morgan fingerprint density at radius 2 is 1.87 bits per heavy atom. The quantitative estimate of drug-likeness (QED) is 0.263. The van der Waals surface area contributed by atoms with E-state index in [4.69, 9.17) is 30.6 Å². The number of methoxy groups -OCH3 is 1. The van der Waals surface area contributed by atoms with Gasteiger partial charge in [-0.2, -0.15) is 0 Å². The number of hydrogen-bond donors (Lipinski definition) is 3. The first-order valence-corrected chi connectivity index (χ1v) is 20.4. The van der Waals surface area contributed by atoms with Crippen LogP contribution in [0.4, 0.5) is 4.79 Å². The normalized spacial score (nSPS) is 25.9. The summed E-state index contributed by atoms with van der Waals surface area (Å²) < 4.78 is 45.2.